The van der Waals surface area contributed by atoms with Crippen molar-refractivity contribution in [3.63, 3.8) is 0 Å². The van der Waals surface area contributed by atoms with E-state index >= 15 is 0 Å². The highest BCUT2D eigenvalue weighted by molar-refractivity contribution is 5.39. The van der Waals surface area contributed by atoms with Crippen molar-refractivity contribution in [2.45, 2.75) is 33.6 Å². The maximum absolute atomic E-state index is 2.29. The van der Waals surface area contributed by atoms with Gasteiger partial charge in [0.05, 0.1) is 0 Å². The topological polar surface area (TPSA) is 4.93 Å². The number of nitrogens with zero attached hydrogens (tertiary/aromatic N) is 1. The van der Waals surface area contributed by atoms with Crippen LogP contribution in [0.1, 0.15) is 30.3 Å². The third-order valence-corrected chi connectivity index (χ3v) is 3.00. The molecule has 0 radical (unpaired) electrons. The van der Waals surface area contributed by atoms with Gasteiger partial charge in [-0.1, -0.05) is 25.5 Å². The normalized spacial score (nSPS) is 10.7. The first kappa shape index (κ1) is 11.0. The predicted molar refractivity (Wildman–Crippen MR) is 69.2 cm³/mol. The second-order valence-electron chi connectivity index (χ2n) is 4.37. The highest BCUT2D eigenvalue weighted by Gasteiger charge is 2.03. The molecule has 0 unspecified atom stereocenters. The van der Waals surface area contributed by atoms with Crippen LogP contribution in [0.2, 0.25) is 0 Å². The van der Waals surface area contributed by atoms with E-state index in [1.807, 2.05) is 0 Å². The lowest BCUT2D eigenvalue weighted by Gasteiger charge is -2.10. The molecule has 2 rings (SSSR count). The summed E-state index contributed by atoms with van der Waals surface area (Å²) >= 11 is 0. The van der Waals surface area contributed by atoms with Gasteiger partial charge in [0.1, 0.15) is 0 Å². The maximum Gasteiger partial charge on any atom is 0.0455 e. The summed E-state index contributed by atoms with van der Waals surface area (Å²) < 4.78 is 2.29. The second-order valence-corrected chi connectivity index (χ2v) is 4.37. The first-order chi connectivity index (χ1) is 7.72. The predicted octanol–water partition coefficient (Wildman–Crippen LogP) is 4.05. The number of hydrogen-bond donors (Lipinski definition) is 0. The zero-order valence-electron chi connectivity index (χ0n) is 10.3. The van der Waals surface area contributed by atoms with Gasteiger partial charge in [0.2, 0.25) is 0 Å². The fourth-order valence-electron chi connectivity index (χ4n) is 2.18. The van der Waals surface area contributed by atoms with E-state index in [4.69, 9.17) is 0 Å². The zero-order chi connectivity index (χ0) is 11.5. The number of hydrogen-bond acceptors (Lipinski definition) is 0. The van der Waals surface area contributed by atoms with Gasteiger partial charge >= 0.3 is 0 Å². The lowest BCUT2D eigenvalue weighted by molar-refractivity contribution is 0.915. The standard InChI is InChI=1S/C15H19N/c1-4-5-14-8-10-15(11-9-14)16-12(2)6-7-13(16)3/h6-11H,4-5H2,1-3H3. The molecular formula is C15H19N. The van der Waals surface area contributed by atoms with Crippen molar-refractivity contribution in [3.05, 3.63) is 53.3 Å². The molecule has 0 aliphatic carbocycles. The Hall–Kier alpha value is -1.50. The summed E-state index contributed by atoms with van der Waals surface area (Å²) in [6.45, 7) is 6.51. The smallest absolute Gasteiger partial charge is 0.0455 e. The molecule has 2 aromatic rings. The number of benzene rings is 1. The van der Waals surface area contributed by atoms with Crippen LogP contribution in [0.15, 0.2) is 36.4 Å². The van der Waals surface area contributed by atoms with Crippen LogP contribution in [-0.2, 0) is 6.42 Å². The highest BCUT2D eigenvalue weighted by Crippen LogP contribution is 2.17. The summed E-state index contributed by atoms with van der Waals surface area (Å²) in [6, 6.07) is 13.2. The Morgan fingerprint density at radius 1 is 0.875 bits per heavy atom. The molecule has 1 nitrogen and oxygen atoms in total. The molecule has 84 valence electrons. The van der Waals surface area contributed by atoms with E-state index in [1.54, 1.807) is 0 Å². The van der Waals surface area contributed by atoms with Crippen molar-refractivity contribution >= 4 is 0 Å². The third kappa shape index (κ3) is 2.04. The van der Waals surface area contributed by atoms with E-state index in [0.29, 0.717) is 0 Å². The highest BCUT2D eigenvalue weighted by atomic mass is 15.0. The third-order valence-electron chi connectivity index (χ3n) is 3.00. The van der Waals surface area contributed by atoms with Crippen LogP contribution >= 0.6 is 0 Å². The lowest BCUT2D eigenvalue weighted by atomic mass is 10.1. The molecule has 0 N–H and O–H groups in total. The minimum absolute atomic E-state index is 1.17. The molecule has 0 amide bonds. The van der Waals surface area contributed by atoms with Crippen molar-refractivity contribution in [1.29, 1.82) is 0 Å². The summed E-state index contributed by atoms with van der Waals surface area (Å²) in [5, 5.41) is 0. The first-order valence-corrected chi connectivity index (χ1v) is 5.96. The van der Waals surface area contributed by atoms with E-state index < -0.39 is 0 Å². The molecule has 0 spiro atoms. The number of rotatable bonds is 3. The number of aromatic nitrogens is 1. The van der Waals surface area contributed by atoms with Gasteiger partial charge in [-0.05, 0) is 50.1 Å². The van der Waals surface area contributed by atoms with Gasteiger partial charge in [-0.25, -0.2) is 0 Å². The minimum atomic E-state index is 1.17. The van der Waals surface area contributed by atoms with Crippen LogP contribution in [0.3, 0.4) is 0 Å². The van der Waals surface area contributed by atoms with Gasteiger partial charge in [-0.15, -0.1) is 0 Å². The van der Waals surface area contributed by atoms with Crippen LogP contribution < -0.4 is 0 Å². The van der Waals surface area contributed by atoms with E-state index in [2.05, 4.69) is 61.7 Å². The van der Waals surface area contributed by atoms with Gasteiger partial charge < -0.3 is 4.57 Å². The first-order valence-electron chi connectivity index (χ1n) is 5.96. The minimum Gasteiger partial charge on any atom is -0.319 e. The van der Waals surface area contributed by atoms with Crippen molar-refractivity contribution in [1.82, 2.24) is 4.57 Å². The Labute approximate surface area is 97.7 Å². The van der Waals surface area contributed by atoms with Crippen molar-refractivity contribution in [2.24, 2.45) is 0 Å². The molecule has 1 aromatic carbocycles. The molecule has 0 atom stereocenters. The Morgan fingerprint density at radius 2 is 1.44 bits per heavy atom. The van der Waals surface area contributed by atoms with Crippen LogP contribution in [0.5, 0.6) is 0 Å². The molecule has 0 bridgehead atoms. The van der Waals surface area contributed by atoms with Gasteiger partial charge in [-0.2, -0.15) is 0 Å². The van der Waals surface area contributed by atoms with Crippen LogP contribution in [-0.4, -0.2) is 4.57 Å². The maximum atomic E-state index is 2.29. The molecule has 0 saturated heterocycles. The molecule has 0 aliphatic heterocycles. The van der Waals surface area contributed by atoms with Crippen LogP contribution in [0.4, 0.5) is 0 Å². The largest absolute Gasteiger partial charge is 0.319 e. The molecule has 1 heteroatoms. The zero-order valence-corrected chi connectivity index (χ0v) is 10.3. The van der Waals surface area contributed by atoms with E-state index in [9.17, 15) is 0 Å². The van der Waals surface area contributed by atoms with Crippen molar-refractivity contribution < 1.29 is 0 Å². The Kier molecular flexibility index (Phi) is 3.14. The second kappa shape index (κ2) is 4.56. The summed E-state index contributed by atoms with van der Waals surface area (Å²) in [7, 11) is 0. The summed E-state index contributed by atoms with van der Waals surface area (Å²) in [5.41, 5.74) is 5.27. The molecule has 0 saturated carbocycles. The molecule has 1 heterocycles. The van der Waals surface area contributed by atoms with Crippen LogP contribution in [0, 0.1) is 13.8 Å². The van der Waals surface area contributed by atoms with Crippen molar-refractivity contribution in [3.8, 4) is 5.69 Å². The Bertz CT molecular complexity index is 443. The molecule has 16 heavy (non-hydrogen) atoms. The quantitative estimate of drug-likeness (QED) is 0.725. The monoisotopic (exact) mass is 213 g/mol. The average Bonchev–Trinajstić information content (AvgIpc) is 2.61. The Morgan fingerprint density at radius 3 is 1.94 bits per heavy atom. The number of aryl methyl sites for hydroxylation is 3. The Balaban J connectivity index is 2.35. The SMILES string of the molecule is CCCc1ccc(-n2c(C)ccc2C)cc1. The molecule has 0 aliphatic rings. The van der Waals surface area contributed by atoms with Gasteiger partial charge in [0.15, 0.2) is 0 Å². The van der Waals surface area contributed by atoms with Crippen molar-refractivity contribution in [2.75, 3.05) is 0 Å². The lowest BCUT2D eigenvalue weighted by Crippen LogP contribution is -1.98. The molecular weight excluding hydrogens is 194 g/mol. The van der Waals surface area contributed by atoms with Gasteiger partial charge in [0.25, 0.3) is 0 Å². The summed E-state index contributed by atoms with van der Waals surface area (Å²) in [6.07, 6.45) is 2.38. The fraction of sp³-hybridized carbons (Fsp3) is 0.333. The summed E-state index contributed by atoms with van der Waals surface area (Å²) in [5.74, 6) is 0. The molecule has 1 aromatic heterocycles. The molecule has 0 fully saturated rings. The van der Waals surface area contributed by atoms with Gasteiger partial charge in [0, 0.05) is 17.1 Å². The summed E-state index contributed by atoms with van der Waals surface area (Å²) in [4.78, 5) is 0. The van der Waals surface area contributed by atoms with E-state index in [-0.39, 0.29) is 0 Å². The average molecular weight is 213 g/mol. The van der Waals surface area contributed by atoms with E-state index in [1.165, 1.54) is 35.5 Å². The van der Waals surface area contributed by atoms with E-state index in [0.717, 1.165) is 0 Å². The van der Waals surface area contributed by atoms with Crippen LogP contribution in [0.25, 0.3) is 5.69 Å². The van der Waals surface area contributed by atoms with Gasteiger partial charge in [-0.3, -0.25) is 0 Å². The fourth-order valence-corrected chi connectivity index (χ4v) is 2.18.